The van der Waals surface area contributed by atoms with Crippen LogP contribution >= 0.6 is 0 Å². The lowest BCUT2D eigenvalue weighted by Crippen LogP contribution is -2.48. The molecule has 138 valence electrons. The number of hydrogen-bond donors (Lipinski definition) is 2. The van der Waals surface area contributed by atoms with Gasteiger partial charge in [0.15, 0.2) is 0 Å². The van der Waals surface area contributed by atoms with Crippen LogP contribution in [0.2, 0.25) is 0 Å². The predicted molar refractivity (Wildman–Crippen MR) is 93.9 cm³/mol. The van der Waals surface area contributed by atoms with Gasteiger partial charge in [-0.05, 0) is 25.2 Å². The number of carbonyl (C=O) groups is 1. The van der Waals surface area contributed by atoms with Crippen LogP contribution in [-0.2, 0) is 19.6 Å². The first kappa shape index (κ1) is 18.3. The molecule has 0 spiro atoms. The Bertz CT molecular complexity index is 711. The molecule has 0 radical (unpaired) electrons. The van der Waals surface area contributed by atoms with Gasteiger partial charge in [0.25, 0.3) is 0 Å². The second-order valence-corrected chi connectivity index (χ2v) is 8.24. The van der Waals surface area contributed by atoms with Gasteiger partial charge in [0.05, 0.1) is 18.1 Å². The van der Waals surface area contributed by atoms with E-state index in [1.165, 1.54) is 10.4 Å². The zero-order chi connectivity index (χ0) is 17.9. The van der Waals surface area contributed by atoms with Crippen molar-refractivity contribution in [3.05, 3.63) is 24.3 Å². The number of ether oxygens (including phenoxy) is 1. The lowest BCUT2D eigenvalue weighted by molar-refractivity contribution is -0.120. The summed E-state index contributed by atoms with van der Waals surface area (Å²) < 4.78 is 32.4. The van der Waals surface area contributed by atoms with Gasteiger partial charge in [-0.15, -0.1) is 0 Å². The highest BCUT2D eigenvalue weighted by atomic mass is 32.2. The molecule has 9 heteroatoms. The lowest BCUT2D eigenvalue weighted by Gasteiger charge is -2.31. The zero-order valence-electron chi connectivity index (χ0n) is 14.3. The number of nitrogens with one attached hydrogen (secondary N) is 2. The van der Waals surface area contributed by atoms with Gasteiger partial charge in [-0.1, -0.05) is 6.07 Å². The first-order valence-electron chi connectivity index (χ1n) is 8.37. The summed E-state index contributed by atoms with van der Waals surface area (Å²) in [6, 6.07) is 5.97. The van der Waals surface area contributed by atoms with Crippen LogP contribution in [-0.4, -0.2) is 82.6 Å². The highest BCUT2D eigenvalue weighted by molar-refractivity contribution is 7.89. The summed E-state index contributed by atoms with van der Waals surface area (Å²) in [5.41, 5.74) is 0.465. The third kappa shape index (κ3) is 4.36. The van der Waals surface area contributed by atoms with Crippen molar-refractivity contribution in [3.8, 4) is 0 Å². The van der Waals surface area contributed by atoms with Crippen molar-refractivity contribution in [1.82, 2.24) is 14.5 Å². The molecule has 2 saturated heterocycles. The minimum Gasteiger partial charge on any atom is -0.378 e. The molecular formula is C16H24N4O4S. The van der Waals surface area contributed by atoms with Gasteiger partial charge in [-0.2, -0.15) is 4.31 Å². The summed E-state index contributed by atoms with van der Waals surface area (Å²) in [5, 5.41) is 5.83. The maximum Gasteiger partial charge on any atom is 0.243 e. The molecule has 1 aromatic rings. The Morgan fingerprint density at radius 3 is 2.72 bits per heavy atom. The topological polar surface area (TPSA) is 91.0 Å². The Morgan fingerprint density at radius 1 is 1.28 bits per heavy atom. The normalized spacial score (nSPS) is 23.3. The van der Waals surface area contributed by atoms with E-state index in [2.05, 4.69) is 15.5 Å². The van der Waals surface area contributed by atoms with Crippen LogP contribution in [0, 0.1) is 0 Å². The van der Waals surface area contributed by atoms with Crippen LogP contribution in [0.25, 0.3) is 0 Å². The van der Waals surface area contributed by atoms with E-state index in [4.69, 9.17) is 4.74 Å². The number of anilines is 1. The van der Waals surface area contributed by atoms with Gasteiger partial charge >= 0.3 is 0 Å². The minimum absolute atomic E-state index is 0.197. The molecule has 25 heavy (non-hydrogen) atoms. The minimum atomic E-state index is -3.55. The van der Waals surface area contributed by atoms with Gasteiger partial charge in [-0.25, -0.2) is 8.42 Å². The molecule has 2 aliphatic rings. The standard InChI is InChI=1S/C16H24N4O4S/c1-19-6-8-20(9-7-19)25(22,23)14-4-2-3-13(11-14)18-16(21)15-12-24-10-5-17-15/h2-4,11,15,17H,5-10,12H2,1H3,(H,18,21). The average molecular weight is 368 g/mol. The van der Waals surface area contributed by atoms with Gasteiger partial charge in [-0.3, -0.25) is 4.79 Å². The molecule has 1 unspecified atom stereocenters. The summed E-state index contributed by atoms with van der Waals surface area (Å²) in [4.78, 5) is 14.5. The fraction of sp³-hybridized carbons (Fsp3) is 0.562. The Kier molecular flexibility index (Phi) is 5.70. The second kappa shape index (κ2) is 7.79. The van der Waals surface area contributed by atoms with Crippen LogP contribution in [0.15, 0.2) is 29.2 Å². The van der Waals surface area contributed by atoms with Crippen molar-refractivity contribution < 1.29 is 17.9 Å². The summed E-state index contributed by atoms with van der Waals surface area (Å²) >= 11 is 0. The number of nitrogens with zero attached hydrogens (tertiary/aromatic N) is 2. The number of morpholine rings is 1. The Morgan fingerprint density at radius 2 is 2.04 bits per heavy atom. The molecule has 1 atom stereocenters. The number of benzene rings is 1. The maximum absolute atomic E-state index is 12.8. The molecule has 3 rings (SSSR count). The van der Waals surface area contributed by atoms with Crippen molar-refractivity contribution in [2.24, 2.45) is 0 Å². The van der Waals surface area contributed by atoms with E-state index >= 15 is 0 Å². The van der Waals surface area contributed by atoms with E-state index in [9.17, 15) is 13.2 Å². The van der Waals surface area contributed by atoms with Crippen molar-refractivity contribution in [3.63, 3.8) is 0 Å². The van der Waals surface area contributed by atoms with E-state index in [1.807, 2.05) is 7.05 Å². The van der Waals surface area contributed by atoms with E-state index < -0.39 is 16.1 Å². The second-order valence-electron chi connectivity index (χ2n) is 6.31. The molecule has 2 heterocycles. The molecule has 1 aromatic carbocycles. The molecule has 0 saturated carbocycles. The Balaban J connectivity index is 1.71. The number of rotatable bonds is 4. The van der Waals surface area contributed by atoms with E-state index in [0.717, 1.165) is 0 Å². The molecule has 0 aliphatic carbocycles. The van der Waals surface area contributed by atoms with Crippen LogP contribution in [0.3, 0.4) is 0 Å². The van der Waals surface area contributed by atoms with Crippen LogP contribution in [0.4, 0.5) is 5.69 Å². The number of sulfonamides is 1. The SMILES string of the molecule is CN1CCN(S(=O)(=O)c2cccc(NC(=O)C3COCCN3)c2)CC1. The maximum atomic E-state index is 12.8. The fourth-order valence-electron chi connectivity index (χ4n) is 2.88. The Labute approximate surface area is 148 Å². The number of carbonyl (C=O) groups excluding carboxylic acids is 1. The monoisotopic (exact) mass is 368 g/mol. The van der Waals surface area contributed by atoms with Crippen LogP contribution in [0.1, 0.15) is 0 Å². The number of likely N-dealkylation sites (N-methyl/N-ethyl adjacent to an activating group) is 1. The summed E-state index contributed by atoms with van der Waals surface area (Å²) in [7, 11) is -1.58. The van der Waals surface area contributed by atoms with Crippen molar-refractivity contribution >= 4 is 21.6 Å². The molecule has 2 N–H and O–H groups in total. The smallest absolute Gasteiger partial charge is 0.243 e. The van der Waals surface area contributed by atoms with Gasteiger partial charge in [0.2, 0.25) is 15.9 Å². The summed E-state index contributed by atoms with van der Waals surface area (Å²) in [5.74, 6) is -0.228. The van der Waals surface area contributed by atoms with Gasteiger partial charge in [0.1, 0.15) is 6.04 Å². The predicted octanol–water partition coefficient (Wildman–Crippen LogP) is -0.450. The highest BCUT2D eigenvalue weighted by Gasteiger charge is 2.28. The first-order valence-corrected chi connectivity index (χ1v) is 9.81. The van der Waals surface area contributed by atoms with E-state index in [0.29, 0.717) is 51.6 Å². The van der Waals surface area contributed by atoms with Crippen LogP contribution in [0.5, 0.6) is 0 Å². The molecule has 1 amide bonds. The van der Waals surface area contributed by atoms with Crippen molar-refractivity contribution in [2.75, 3.05) is 58.3 Å². The molecule has 2 aliphatic heterocycles. The van der Waals surface area contributed by atoms with E-state index in [-0.39, 0.29) is 10.8 Å². The number of piperazine rings is 1. The summed E-state index contributed by atoms with van der Waals surface area (Å²) in [6.07, 6.45) is 0. The third-order valence-electron chi connectivity index (χ3n) is 4.44. The quantitative estimate of drug-likeness (QED) is 0.748. The molecule has 2 fully saturated rings. The van der Waals surface area contributed by atoms with Gasteiger partial charge in [0, 0.05) is 38.4 Å². The number of hydrogen-bond acceptors (Lipinski definition) is 6. The summed E-state index contributed by atoms with van der Waals surface area (Å²) in [6.45, 7) is 3.88. The molecule has 0 aromatic heterocycles. The third-order valence-corrected chi connectivity index (χ3v) is 6.33. The van der Waals surface area contributed by atoms with Crippen molar-refractivity contribution in [2.45, 2.75) is 10.9 Å². The molecule has 0 bridgehead atoms. The Hall–Kier alpha value is -1.52. The van der Waals surface area contributed by atoms with E-state index in [1.54, 1.807) is 18.2 Å². The van der Waals surface area contributed by atoms with Crippen molar-refractivity contribution in [1.29, 1.82) is 0 Å². The lowest BCUT2D eigenvalue weighted by atomic mass is 10.2. The first-order chi connectivity index (χ1) is 12.0. The fourth-order valence-corrected chi connectivity index (χ4v) is 4.34. The van der Waals surface area contributed by atoms with Gasteiger partial charge < -0.3 is 20.3 Å². The van der Waals surface area contributed by atoms with Crippen LogP contribution < -0.4 is 10.6 Å². The largest absolute Gasteiger partial charge is 0.378 e. The molecule has 8 nitrogen and oxygen atoms in total. The molecular weight excluding hydrogens is 344 g/mol. The average Bonchev–Trinajstić information content (AvgIpc) is 2.63. The highest BCUT2D eigenvalue weighted by Crippen LogP contribution is 2.21. The zero-order valence-corrected chi connectivity index (χ0v) is 15.1. The number of amides is 1.